The number of hydrogen-bond acceptors (Lipinski definition) is 9. The van der Waals surface area contributed by atoms with Crippen molar-refractivity contribution in [2.45, 2.75) is 65.2 Å². The maximum absolute atomic E-state index is 15.2. The first-order chi connectivity index (χ1) is 24.5. The van der Waals surface area contributed by atoms with Crippen molar-refractivity contribution in [3.05, 3.63) is 100 Å². The minimum atomic E-state index is -0.490. The number of ether oxygens (including phenoxy) is 1. The largest absolute Gasteiger partial charge is 0.489 e. The lowest BCUT2D eigenvalue weighted by Gasteiger charge is -2.33. The zero-order chi connectivity index (χ0) is 36.9. The highest BCUT2D eigenvalue weighted by atomic mass is 19.1. The van der Waals surface area contributed by atoms with Crippen LogP contribution in [-0.4, -0.2) is 74.6 Å². The van der Waals surface area contributed by atoms with Crippen LogP contribution in [0.25, 0.3) is 0 Å². The molecule has 272 valence electrons. The van der Waals surface area contributed by atoms with Gasteiger partial charge in [-0.05, 0) is 101 Å². The van der Waals surface area contributed by atoms with E-state index in [2.05, 4.69) is 22.9 Å². The second kappa shape index (κ2) is 18.9. The number of amides is 1. The van der Waals surface area contributed by atoms with Gasteiger partial charge in [0.05, 0.1) is 23.0 Å². The fourth-order valence-corrected chi connectivity index (χ4v) is 6.34. The van der Waals surface area contributed by atoms with E-state index in [-0.39, 0.29) is 30.7 Å². The van der Waals surface area contributed by atoms with E-state index in [0.29, 0.717) is 79.5 Å². The number of unbranched alkanes of at least 4 members (excludes halogenated alkanes) is 1. The summed E-state index contributed by atoms with van der Waals surface area (Å²) in [6.07, 6.45) is 4.39. The molecular formula is C40H51FN6O4. The number of allylic oxidation sites excluding steroid dienone is 1. The Balaban J connectivity index is 1.35. The van der Waals surface area contributed by atoms with Crippen LogP contribution in [0.4, 0.5) is 15.8 Å². The summed E-state index contributed by atoms with van der Waals surface area (Å²) in [5.74, 6) is -0.0884. The molecule has 4 N–H and O–H groups in total. The van der Waals surface area contributed by atoms with Gasteiger partial charge in [-0.25, -0.2) is 4.39 Å². The molecule has 0 atom stereocenters. The van der Waals surface area contributed by atoms with Gasteiger partial charge in [-0.2, -0.15) is 5.26 Å². The van der Waals surface area contributed by atoms with E-state index in [1.54, 1.807) is 18.2 Å². The van der Waals surface area contributed by atoms with Gasteiger partial charge in [-0.3, -0.25) is 9.59 Å². The predicted octanol–water partition coefficient (Wildman–Crippen LogP) is 5.69. The number of rotatable bonds is 18. The number of nitriles is 1. The van der Waals surface area contributed by atoms with Crippen molar-refractivity contribution in [1.29, 1.82) is 5.26 Å². The third-order valence-electron chi connectivity index (χ3n) is 9.38. The van der Waals surface area contributed by atoms with Crippen LogP contribution >= 0.6 is 0 Å². The highest BCUT2D eigenvalue weighted by Gasteiger charge is 2.23. The van der Waals surface area contributed by atoms with Gasteiger partial charge in [-0.15, -0.1) is 0 Å². The molecule has 3 aromatic rings. The normalized spacial score (nSPS) is 13.2. The van der Waals surface area contributed by atoms with Gasteiger partial charge in [0.15, 0.2) is 6.29 Å². The van der Waals surface area contributed by atoms with E-state index in [9.17, 15) is 20.0 Å². The van der Waals surface area contributed by atoms with Crippen LogP contribution in [0.5, 0.6) is 5.75 Å². The van der Waals surface area contributed by atoms with Crippen molar-refractivity contribution in [1.82, 2.24) is 10.2 Å². The number of nitrogens with two attached hydrogens (primary N) is 1. The maximum Gasteiger partial charge on any atom is 0.251 e. The minimum absolute atomic E-state index is 0.241. The van der Waals surface area contributed by atoms with Gasteiger partial charge in [0, 0.05) is 61.7 Å². The average Bonchev–Trinajstić information content (AvgIpc) is 3.12. The molecule has 4 rings (SSSR count). The highest BCUT2D eigenvalue weighted by molar-refractivity contribution is 5.94. The van der Waals surface area contributed by atoms with Gasteiger partial charge in [-0.1, -0.05) is 24.8 Å². The van der Waals surface area contributed by atoms with Crippen LogP contribution in [0.3, 0.4) is 0 Å². The van der Waals surface area contributed by atoms with Gasteiger partial charge in [0.2, 0.25) is 0 Å². The first kappa shape index (κ1) is 38.9. The summed E-state index contributed by atoms with van der Waals surface area (Å²) < 4.78 is 21.5. The lowest BCUT2D eigenvalue weighted by Crippen LogP contribution is -2.37. The van der Waals surface area contributed by atoms with Gasteiger partial charge in [0.25, 0.3) is 5.91 Å². The zero-order valence-electron chi connectivity index (χ0n) is 30.1. The number of halogens is 1. The molecule has 1 amide bonds. The number of nitrogens with zero attached hydrogens (tertiary/aromatic N) is 4. The number of likely N-dealkylation sites (N-methyl/N-ethyl adjacent to an activating group) is 1. The quantitative estimate of drug-likeness (QED) is 0.113. The summed E-state index contributed by atoms with van der Waals surface area (Å²) in [7, 11) is 2.02. The number of piperidine rings is 1. The van der Waals surface area contributed by atoms with E-state index in [0.717, 1.165) is 48.8 Å². The smallest absolute Gasteiger partial charge is 0.251 e. The number of benzene rings is 3. The molecule has 1 aliphatic rings. The average molecular weight is 699 g/mol. The molecule has 51 heavy (non-hydrogen) atoms. The van der Waals surface area contributed by atoms with Crippen molar-refractivity contribution < 1.29 is 23.8 Å². The van der Waals surface area contributed by atoms with Crippen LogP contribution < -0.4 is 25.6 Å². The molecular weight excluding hydrogens is 647 g/mol. The first-order valence-corrected chi connectivity index (χ1v) is 17.7. The van der Waals surface area contributed by atoms with Crippen molar-refractivity contribution in [2.75, 3.05) is 56.1 Å². The SMILES string of the molecule is C=C(N)CCCCN(C)Cc1c(C=O)cccc1OCc1ccc(C(=O)NCCN(CC)c2cc(N3CCC(O)CC3)c(C#N)cc2F)cc1C. The number of carbonyl (C=O) groups excluding carboxylic acids is 2. The number of hydrogen-bond donors (Lipinski definition) is 3. The Bertz CT molecular complexity index is 1720. The summed E-state index contributed by atoms with van der Waals surface area (Å²) in [6.45, 7) is 11.6. The molecule has 11 heteroatoms. The van der Waals surface area contributed by atoms with Crippen LogP contribution in [0.15, 0.2) is 60.8 Å². The fraction of sp³-hybridized carbons (Fsp3) is 0.425. The number of carbonyl (C=O) groups is 2. The van der Waals surface area contributed by atoms with Crippen molar-refractivity contribution >= 4 is 23.6 Å². The number of aliphatic hydroxyl groups is 1. The number of nitrogens with one attached hydrogen (secondary N) is 1. The molecule has 1 fully saturated rings. The molecule has 1 saturated heterocycles. The van der Waals surface area contributed by atoms with E-state index in [4.69, 9.17) is 10.5 Å². The third kappa shape index (κ3) is 10.8. The van der Waals surface area contributed by atoms with Gasteiger partial charge < -0.3 is 35.6 Å². The first-order valence-electron chi connectivity index (χ1n) is 17.7. The second-order valence-corrected chi connectivity index (χ2v) is 13.2. The molecule has 0 radical (unpaired) electrons. The number of aryl methyl sites for hydroxylation is 1. The lowest BCUT2D eigenvalue weighted by molar-refractivity contribution is 0.0954. The Labute approximate surface area is 301 Å². The van der Waals surface area contributed by atoms with Crippen molar-refractivity contribution in [3.63, 3.8) is 0 Å². The van der Waals surface area contributed by atoms with E-state index in [1.165, 1.54) is 6.07 Å². The number of anilines is 2. The number of aliphatic hydroxyl groups excluding tert-OH is 1. The molecule has 3 aromatic carbocycles. The van der Waals surface area contributed by atoms with Crippen molar-refractivity contribution in [2.24, 2.45) is 5.73 Å². The molecule has 0 aromatic heterocycles. The van der Waals surface area contributed by atoms with Gasteiger partial charge >= 0.3 is 0 Å². The molecule has 1 aliphatic heterocycles. The van der Waals surface area contributed by atoms with Crippen LogP contribution in [0.2, 0.25) is 0 Å². The Morgan fingerprint density at radius 1 is 1.20 bits per heavy atom. The summed E-state index contributed by atoms with van der Waals surface area (Å²) in [5.41, 5.74) is 11.4. The summed E-state index contributed by atoms with van der Waals surface area (Å²) in [4.78, 5) is 31.0. The summed E-state index contributed by atoms with van der Waals surface area (Å²) >= 11 is 0. The lowest BCUT2D eigenvalue weighted by atomic mass is 10.0. The Kier molecular flexibility index (Phi) is 14.4. The molecule has 10 nitrogen and oxygen atoms in total. The Morgan fingerprint density at radius 2 is 1.96 bits per heavy atom. The number of aldehydes is 1. The predicted molar refractivity (Wildman–Crippen MR) is 200 cm³/mol. The Hall–Kier alpha value is -4.92. The van der Waals surface area contributed by atoms with Crippen LogP contribution in [0, 0.1) is 24.1 Å². The maximum atomic E-state index is 15.2. The Morgan fingerprint density at radius 3 is 2.63 bits per heavy atom. The van der Waals surface area contributed by atoms with Gasteiger partial charge in [0.1, 0.15) is 24.2 Å². The molecule has 0 bridgehead atoms. The fourth-order valence-electron chi connectivity index (χ4n) is 6.34. The summed E-state index contributed by atoms with van der Waals surface area (Å²) in [5, 5.41) is 22.5. The molecule has 0 saturated carbocycles. The topological polar surface area (TPSA) is 135 Å². The van der Waals surface area contributed by atoms with E-state index >= 15 is 4.39 Å². The van der Waals surface area contributed by atoms with Crippen LogP contribution in [-0.2, 0) is 13.2 Å². The zero-order valence-corrected chi connectivity index (χ0v) is 30.1. The standard InChI is InChI=1S/C40H51FN6O4/c1-5-46(38-23-37(33(24-42)22-36(38)41)47-18-14-34(49)15-19-47)20-16-44-40(50)30-12-13-32(28(2)21-30)27-51-39-11-8-10-31(26-48)35(39)25-45(4)17-7-6-9-29(3)43/h8,10-13,21-23,26,34,49H,3,5-7,9,14-20,25,27,43H2,1-2,4H3,(H,44,50). The monoisotopic (exact) mass is 698 g/mol. The summed E-state index contributed by atoms with van der Waals surface area (Å²) in [6, 6.07) is 16.0. The minimum Gasteiger partial charge on any atom is -0.489 e. The molecule has 1 heterocycles. The second-order valence-electron chi connectivity index (χ2n) is 13.2. The molecule has 0 spiro atoms. The van der Waals surface area contributed by atoms with E-state index < -0.39 is 5.82 Å². The molecule has 0 aliphatic carbocycles. The van der Waals surface area contributed by atoms with Crippen molar-refractivity contribution in [3.8, 4) is 11.8 Å². The third-order valence-corrected chi connectivity index (χ3v) is 9.38. The van der Waals surface area contributed by atoms with Crippen LogP contribution in [0.1, 0.15) is 82.0 Å². The highest BCUT2D eigenvalue weighted by Crippen LogP contribution is 2.32. The van der Waals surface area contributed by atoms with E-state index in [1.807, 2.05) is 55.0 Å². The molecule has 0 unspecified atom stereocenters.